The molecule has 0 aromatic heterocycles. The van der Waals surface area contributed by atoms with Crippen LogP contribution in [-0.4, -0.2) is 42.0 Å². The van der Waals surface area contributed by atoms with E-state index in [-0.39, 0.29) is 17.3 Å². The van der Waals surface area contributed by atoms with Gasteiger partial charge in [-0.2, -0.15) is 0 Å². The Morgan fingerprint density at radius 2 is 1.72 bits per heavy atom. The number of carbonyl (C=O) groups is 1. The lowest BCUT2D eigenvalue weighted by molar-refractivity contribution is 0.00578. The summed E-state index contributed by atoms with van der Waals surface area (Å²) in [5.41, 5.74) is 0.701. The molecule has 5 nitrogen and oxygen atoms in total. The van der Waals surface area contributed by atoms with Crippen molar-refractivity contribution in [1.82, 2.24) is 4.90 Å². The lowest BCUT2D eigenvalue weighted by Gasteiger charge is -2.32. The smallest absolute Gasteiger partial charge is 0.444 e. The van der Waals surface area contributed by atoms with Gasteiger partial charge < -0.3 is 18.9 Å². The summed E-state index contributed by atoms with van der Waals surface area (Å²) >= 11 is 0. The van der Waals surface area contributed by atoms with Gasteiger partial charge in [0.05, 0.1) is 11.2 Å². The van der Waals surface area contributed by atoms with Crippen LogP contribution in [-0.2, 0) is 20.6 Å². The number of amides is 1. The van der Waals surface area contributed by atoms with Gasteiger partial charge in [-0.25, -0.2) is 4.79 Å². The van der Waals surface area contributed by atoms with E-state index in [0.717, 1.165) is 11.0 Å². The molecule has 0 N–H and O–H groups in total. The minimum atomic E-state index is -0.504. The Balaban J connectivity index is 2.09. The van der Waals surface area contributed by atoms with E-state index in [1.165, 1.54) is 0 Å². The van der Waals surface area contributed by atoms with Crippen LogP contribution >= 0.6 is 0 Å². The molecule has 1 heterocycles. The molecule has 1 aliphatic rings. The number of hydrogen-bond acceptors (Lipinski definition) is 4. The molecular weight excluding hydrogens is 317 g/mol. The zero-order chi connectivity index (χ0) is 19.0. The second-order valence-corrected chi connectivity index (χ2v) is 8.67. The normalized spacial score (nSPS) is 19.0. The van der Waals surface area contributed by atoms with Crippen molar-refractivity contribution in [2.45, 2.75) is 71.8 Å². The van der Waals surface area contributed by atoms with Crippen molar-refractivity contribution in [1.29, 1.82) is 0 Å². The summed E-state index contributed by atoms with van der Waals surface area (Å²) in [5.74, 6) is 0. The third-order valence-electron chi connectivity index (χ3n) is 4.60. The molecular formula is C19H30BNO4. The van der Waals surface area contributed by atoms with Crippen LogP contribution in [0.15, 0.2) is 24.3 Å². The molecule has 138 valence electrons. The highest BCUT2D eigenvalue weighted by Crippen LogP contribution is 2.36. The molecule has 0 bridgehead atoms. The van der Waals surface area contributed by atoms with Gasteiger partial charge in [-0.15, -0.1) is 0 Å². The van der Waals surface area contributed by atoms with Gasteiger partial charge in [0.25, 0.3) is 0 Å². The van der Waals surface area contributed by atoms with Gasteiger partial charge in [0.1, 0.15) is 5.60 Å². The minimum absolute atomic E-state index is 0.339. The highest BCUT2D eigenvalue weighted by molar-refractivity contribution is 6.62. The van der Waals surface area contributed by atoms with Gasteiger partial charge in [0, 0.05) is 13.6 Å². The van der Waals surface area contributed by atoms with E-state index in [0.29, 0.717) is 6.54 Å². The van der Waals surface area contributed by atoms with Crippen molar-refractivity contribution < 1.29 is 18.8 Å². The predicted molar refractivity (Wildman–Crippen MR) is 99.9 cm³/mol. The maximum absolute atomic E-state index is 12.1. The number of hydrogen-bond donors (Lipinski definition) is 0. The largest absolute Gasteiger partial charge is 0.494 e. The van der Waals surface area contributed by atoms with E-state index in [9.17, 15) is 4.79 Å². The molecule has 2 rings (SSSR count). The van der Waals surface area contributed by atoms with Crippen molar-refractivity contribution in [2.24, 2.45) is 0 Å². The molecule has 1 amide bonds. The van der Waals surface area contributed by atoms with Gasteiger partial charge >= 0.3 is 13.2 Å². The maximum atomic E-state index is 12.1. The molecule has 1 aliphatic heterocycles. The average Bonchev–Trinajstić information content (AvgIpc) is 2.66. The molecule has 1 aromatic rings. The topological polar surface area (TPSA) is 48.0 Å². The van der Waals surface area contributed by atoms with E-state index in [4.69, 9.17) is 14.0 Å². The van der Waals surface area contributed by atoms with E-state index in [2.05, 4.69) is 0 Å². The molecule has 0 aliphatic carbocycles. The first-order valence-electron chi connectivity index (χ1n) is 8.69. The predicted octanol–water partition coefficient (Wildman–Crippen LogP) is 3.35. The van der Waals surface area contributed by atoms with Gasteiger partial charge in [0.15, 0.2) is 0 Å². The molecule has 1 aromatic carbocycles. The Morgan fingerprint density at radius 1 is 1.16 bits per heavy atom. The summed E-state index contributed by atoms with van der Waals surface area (Å²) in [4.78, 5) is 13.7. The monoisotopic (exact) mass is 347 g/mol. The lowest BCUT2D eigenvalue weighted by atomic mass is 9.78. The minimum Gasteiger partial charge on any atom is -0.444 e. The van der Waals surface area contributed by atoms with Crippen molar-refractivity contribution in [2.75, 3.05) is 7.05 Å². The number of rotatable bonds is 3. The van der Waals surface area contributed by atoms with Gasteiger partial charge in [-0.05, 0) is 59.5 Å². The highest BCUT2D eigenvalue weighted by Gasteiger charge is 2.51. The first-order valence-corrected chi connectivity index (χ1v) is 8.69. The molecule has 0 atom stereocenters. The van der Waals surface area contributed by atoms with Crippen molar-refractivity contribution >= 4 is 18.7 Å². The fourth-order valence-electron chi connectivity index (χ4n) is 2.50. The van der Waals surface area contributed by atoms with Gasteiger partial charge in [-0.3, -0.25) is 0 Å². The third kappa shape index (κ3) is 4.76. The number of nitrogens with zero attached hydrogens (tertiary/aromatic N) is 1. The molecule has 0 spiro atoms. The van der Waals surface area contributed by atoms with Crippen LogP contribution < -0.4 is 5.46 Å². The van der Waals surface area contributed by atoms with E-state index in [1.807, 2.05) is 72.7 Å². The first kappa shape index (κ1) is 19.8. The Bertz CT molecular complexity index is 621. The van der Waals surface area contributed by atoms with Crippen LogP contribution in [0.5, 0.6) is 0 Å². The van der Waals surface area contributed by atoms with Crippen molar-refractivity contribution in [3.8, 4) is 0 Å². The number of benzene rings is 1. The molecule has 0 saturated carbocycles. The molecule has 1 fully saturated rings. The van der Waals surface area contributed by atoms with Crippen LogP contribution in [0.3, 0.4) is 0 Å². The van der Waals surface area contributed by atoms with Crippen LogP contribution in [0.2, 0.25) is 0 Å². The fraction of sp³-hybridized carbons (Fsp3) is 0.632. The maximum Gasteiger partial charge on any atom is 0.494 e. The summed E-state index contributed by atoms with van der Waals surface area (Å²) in [6, 6.07) is 7.94. The standard InChI is InChI=1S/C19H30BNO4/c1-17(2,3)23-16(22)21(8)13-14-10-9-11-15(12-14)20-24-18(4,5)19(6,7)25-20/h9-12H,13H2,1-8H3. The van der Waals surface area contributed by atoms with E-state index in [1.54, 1.807) is 11.9 Å². The van der Waals surface area contributed by atoms with Gasteiger partial charge in [-0.1, -0.05) is 24.3 Å². The van der Waals surface area contributed by atoms with Crippen molar-refractivity contribution in [3.63, 3.8) is 0 Å². The van der Waals surface area contributed by atoms with Crippen molar-refractivity contribution in [3.05, 3.63) is 29.8 Å². The Morgan fingerprint density at radius 3 is 2.24 bits per heavy atom. The second-order valence-electron chi connectivity index (χ2n) is 8.67. The molecule has 1 saturated heterocycles. The first-order chi connectivity index (χ1) is 11.3. The Kier molecular flexibility index (Phi) is 5.27. The molecule has 25 heavy (non-hydrogen) atoms. The molecule has 6 heteroatoms. The van der Waals surface area contributed by atoms with Crippen LogP contribution in [0.1, 0.15) is 54.0 Å². The second kappa shape index (κ2) is 6.65. The lowest BCUT2D eigenvalue weighted by Crippen LogP contribution is -2.41. The third-order valence-corrected chi connectivity index (χ3v) is 4.60. The summed E-state index contributed by atoms with van der Waals surface area (Å²) < 4.78 is 17.6. The Labute approximate surface area is 151 Å². The van der Waals surface area contributed by atoms with E-state index >= 15 is 0 Å². The molecule has 0 radical (unpaired) electrons. The summed E-state index contributed by atoms with van der Waals surface area (Å²) in [5, 5.41) is 0. The van der Waals surface area contributed by atoms with Crippen LogP contribution in [0.25, 0.3) is 0 Å². The van der Waals surface area contributed by atoms with E-state index < -0.39 is 12.7 Å². The SMILES string of the molecule is CN(Cc1cccc(B2OC(C)(C)C(C)(C)O2)c1)C(=O)OC(C)(C)C. The highest BCUT2D eigenvalue weighted by atomic mass is 16.7. The molecule has 0 unspecified atom stereocenters. The van der Waals surface area contributed by atoms with Crippen LogP contribution in [0, 0.1) is 0 Å². The average molecular weight is 347 g/mol. The number of carbonyl (C=O) groups excluding carboxylic acids is 1. The quantitative estimate of drug-likeness (QED) is 0.787. The summed E-state index contributed by atoms with van der Waals surface area (Å²) in [6.45, 7) is 14.2. The number of ether oxygens (including phenoxy) is 1. The summed E-state index contributed by atoms with van der Waals surface area (Å²) in [6.07, 6.45) is -0.339. The van der Waals surface area contributed by atoms with Gasteiger partial charge in [0.2, 0.25) is 0 Å². The fourth-order valence-corrected chi connectivity index (χ4v) is 2.50. The summed E-state index contributed by atoms with van der Waals surface area (Å²) in [7, 11) is 1.33. The zero-order valence-electron chi connectivity index (χ0n) is 16.7. The Hall–Kier alpha value is -1.53. The zero-order valence-corrected chi connectivity index (χ0v) is 16.7. The van der Waals surface area contributed by atoms with Crippen LogP contribution in [0.4, 0.5) is 4.79 Å².